The zero-order valence-corrected chi connectivity index (χ0v) is 18.6. The van der Waals surface area contributed by atoms with E-state index in [4.69, 9.17) is 17.3 Å². The molecule has 3 atom stereocenters. The SMILES string of the molecule is CC(C)(C)C[C@@H](N)C(=O)N1C[C@H](F)C[C@H]1C(=O)NCc1cc(Cl)ccc1-n1cncn1. The topological polar surface area (TPSA) is 106 Å². The van der Waals surface area contributed by atoms with Crippen LogP contribution in [0.5, 0.6) is 0 Å². The maximum Gasteiger partial charge on any atom is 0.243 e. The number of alkyl halides is 1. The zero-order valence-electron chi connectivity index (χ0n) is 17.9. The van der Waals surface area contributed by atoms with Gasteiger partial charge in [-0.25, -0.2) is 14.1 Å². The summed E-state index contributed by atoms with van der Waals surface area (Å²) in [6, 6.07) is 3.52. The lowest BCUT2D eigenvalue weighted by Gasteiger charge is -2.29. The molecule has 168 valence electrons. The molecule has 0 aliphatic carbocycles. The van der Waals surface area contributed by atoms with E-state index in [2.05, 4.69) is 15.4 Å². The van der Waals surface area contributed by atoms with Gasteiger partial charge in [-0.1, -0.05) is 32.4 Å². The summed E-state index contributed by atoms with van der Waals surface area (Å²) in [5.74, 6) is -0.831. The van der Waals surface area contributed by atoms with E-state index in [-0.39, 0.29) is 24.9 Å². The minimum absolute atomic E-state index is 0.0503. The van der Waals surface area contributed by atoms with Gasteiger partial charge in [0.2, 0.25) is 11.8 Å². The highest BCUT2D eigenvalue weighted by atomic mass is 35.5. The number of rotatable bonds is 6. The molecular weight excluding hydrogens is 423 g/mol. The molecule has 2 aromatic rings. The van der Waals surface area contributed by atoms with Gasteiger partial charge in [-0.2, -0.15) is 5.10 Å². The number of halogens is 2. The Hall–Kier alpha value is -2.52. The van der Waals surface area contributed by atoms with E-state index >= 15 is 0 Å². The number of carbonyl (C=O) groups excluding carboxylic acids is 2. The van der Waals surface area contributed by atoms with Gasteiger partial charge >= 0.3 is 0 Å². The molecule has 0 bridgehead atoms. The molecule has 3 rings (SSSR count). The molecular formula is C21H28ClFN6O2. The third-order valence-corrected chi connectivity index (χ3v) is 5.38. The molecule has 0 saturated carbocycles. The fourth-order valence-corrected chi connectivity index (χ4v) is 3.98. The molecule has 3 N–H and O–H groups in total. The molecule has 1 aromatic carbocycles. The summed E-state index contributed by atoms with van der Waals surface area (Å²) in [7, 11) is 0. The van der Waals surface area contributed by atoms with Crippen LogP contribution in [-0.4, -0.2) is 56.3 Å². The molecule has 0 radical (unpaired) electrons. The summed E-state index contributed by atoms with van der Waals surface area (Å²) in [5, 5.41) is 7.41. The summed E-state index contributed by atoms with van der Waals surface area (Å²) in [6.07, 6.45) is 2.07. The Morgan fingerprint density at radius 3 is 2.77 bits per heavy atom. The van der Waals surface area contributed by atoms with Gasteiger partial charge < -0.3 is 16.0 Å². The molecule has 0 spiro atoms. The van der Waals surface area contributed by atoms with E-state index in [1.165, 1.54) is 17.6 Å². The van der Waals surface area contributed by atoms with Crippen LogP contribution in [0.25, 0.3) is 5.69 Å². The Balaban J connectivity index is 1.71. The third-order valence-electron chi connectivity index (χ3n) is 5.15. The lowest BCUT2D eigenvalue weighted by atomic mass is 9.88. The Labute approximate surface area is 185 Å². The Morgan fingerprint density at radius 2 is 2.13 bits per heavy atom. The van der Waals surface area contributed by atoms with Gasteiger partial charge in [0.25, 0.3) is 0 Å². The molecule has 1 fully saturated rings. The van der Waals surface area contributed by atoms with Gasteiger partial charge in [0.15, 0.2) is 0 Å². The van der Waals surface area contributed by atoms with Crippen molar-refractivity contribution in [1.82, 2.24) is 25.0 Å². The number of carbonyl (C=O) groups is 2. The lowest BCUT2D eigenvalue weighted by molar-refractivity contribution is -0.140. The van der Waals surface area contributed by atoms with E-state index in [1.54, 1.807) is 22.9 Å². The van der Waals surface area contributed by atoms with Crippen molar-refractivity contribution in [3.8, 4) is 5.69 Å². The van der Waals surface area contributed by atoms with Gasteiger partial charge in [-0.3, -0.25) is 9.59 Å². The van der Waals surface area contributed by atoms with Crippen LogP contribution in [-0.2, 0) is 16.1 Å². The standard InChI is InChI=1S/C21H28ClFN6O2/c1-21(2,3)8-16(24)20(31)28-10-15(23)7-18(28)19(30)26-9-13-6-14(22)4-5-17(13)29-12-25-11-27-29/h4-6,11-12,15-16,18H,7-10,24H2,1-3H3,(H,26,30)/t15-,16-,18+/m1/s1. The summed E-state index contributed by atoms with van der Waals surface area (Å²) < 4.78 is 15.7. The van der Waals surface area contributed by atoms with E-state index in [0.29, 0.717) is 22.7 Å². The van der Waals surface area contributed by atoms with Crippen LogP contribution >= 0.6 is 11.6 Å². The molecule has 10 heteroatoms. The molecule has 1 aliphatic rings. The second kappa shape index (κ2) is 9.32. The van der Waals surface area contributed by atoms with Crippen molar-refractivity contribution >= 4 is 23.4 Å². The molecule has 1 aliphatic heterocycles. The molecule has 2 amide bonds. The van der Waals surface area contributed by atoms with Crippen LogP contribution in [0.1, 0.15) is 39.2 Å². The van der Waals surface area contributed by atoms with Crippen LogP contribution in [0.4, 0.5) is 4.39 Å². The molecule has 2 heterocycles. The van der Waals surface area contributed by atoms with Crippen LogP contribution in [0.15, 0.2) is 30.9 Å². The number of likely N-dealkylation sites (tertiary alicyclic amines) is 1. The molecule has 0 unspecified atom stereocenters. The average molecular weight is 451 g/mol. The Kier molecular flexibility index (Phi) is 6.96. The second-order valence-electron chi connectivity index (χ2n) is 9.04. The van der Waals surface area contributed by atoms with Crippen LogP contribution < -0.4 is 11.1 Å². The summed E-state index contributed by atoms with van der Waals surface area (Å²) in [5.41, 5.74) is 7.33. The highest BCUT2D eigenvalue weighted by molar-refractivity contribution is 6.30. The van der Waals surface area contributed by atoms with E-state index < -0.39 is 30.1 Å². The van der Waals surface area contributed by atoms with Gasteiger partial charge in [-0.05, 0) is 35.6 Å². The number of benzene rings is 1. The second-order valence-corrected chi connectivity index (χ2v) is 9.48. The van der Waals surface area contributed by atoms with E-state index in [1.807, 2.05) is 20.8 Å². The van der Waals surface area contributed by atoms with Gasteiger partial charge in [0.05, 0.1) is 18.3 Å². The highest BCUT2D eigenvalue weighted by Gasteiger charge is 2.41. The van der Waals surface area contributed by atoms with Crippen molar-refractivity contribution in [3.63, 3.8) is 0 Å². The van der Waals surface area contributed by atoms with E-state index in [0.717, 1.165) is 0 Å². The van der Waals surface area contributed by atoms with Crippen LogP contribution in [0.2, 0.25) is 5.02 Å². The predicted molar refractivity (Wildman–Crippen MR) is 115 cm³/mol. The number of nitrogens with two attached hydrogens (primary N) is 1. The lowest BCUT2D eigenvalue weighted by Crippen LogP contribution is -2.51. The maximum absolute atomic E-state index is 14.2. The summed E-state index contributed by atoms with van der Waals surface area (Å²) in [6.45, 7) is 5.94. The van der Waals surface area contributed by atoms with Crippen molar-refractivity contribution < 1.29 is 14.0 Å². The van der Waals surface area contributed by atoms with E-state index in [9.17, 15) is 14.0 Å². The predicted octanol–water partition coefficient (Wildman–Crippen LogP) is 2.24. The highest BCUT2D eigenvalue weighted by Crippen LogP contribution is 2.26. The van der Waals surface area contributed by atoms with Crippen molar-refractivity contribution in [2.75, 3.05) is 6.54 Å². The third kappa shape index (κ3) is 5.80. The number of aromatic nitrogens is 3. The first kappa shape index (κ1) is 23.1. The number of hydrogen-bond donors (Lipinski definition) is 2. The minimum atomic E-state index is -1.27. The minimum Gasteiger partial charge on any atom is -0.350 e. The first-order valence-corrected chi connectivity index (χ1v) is 10.5. The first-order valence-electron chi connectivity index (χ1n) is 10.2. The van der Waals surface area contributed by atoms with Crippen molar-refractivity contribution in [3.05, 3.63) is 41.4 Å². The van der Waals surface area contributed by atoms with Crippen LogP contribution in [0, 0.1) is 5.41 Å². The molecule has 8 nitrogen and oxygen atoms in total. The number of amides is 2. The number of nitrogens with zero attached hydrogens (tertiary/aromatic N) is 4. The average Bonchev–Trinajstić information content (AvgIpc) is 3.34. The fourth-order valence-electron chi connectivity index (χ4n) is 3.79. The Bertz CT molecular complexity index is 930. The van der Waals surface area contributed by atoms with Crippen molar-refractivity contribution in [1.29, 1.82) is 0 Å². The van der Waals surface area contributed by atoms with Crippen molar-refractivity contribution in [2.45, 2.75) is 58.4 Å². The smallest absolute Gasteiger partial charge is 0.243 e. The van der Waals surface area contributed by atoms with Gasteiger partial charge in [0.1, 0.15) is 24.9 Å². The normalized spacial score (nSPS) is 20.0. The fraction of sp³-hybridized carbons (Fsp3) is 0.524. The molecule has 1 aromatic heterocycles. The molecule has 1 saturated heterocycles. The summed E-state index contributed by atoms with van der Waals surface area (Å²) >= 11 is 6.12. The summed E-state index contributed by atoms with van der Waals surface area (Å²) in [4.78, 5) is 30.9. The number of nitrogens with one attached hydrogen (secondary N) is 1. The first-order chi connectivity index (χ1) is 14.5. The van der Waals surface area contributed by atoms with Gasteiger partial charge in [-0.15, -0.1) is 0 Å². The zero-order chi connectivity index (χ0) is 22.8. The van der Waals surface area contributed by atoms with Crippen LogP contribution in [0.3, 0.4) is 0 Å². The quantitative estimate of drug-likeness (QED) is 0.702. The molecule has 31 heavy (non-hydrogen) atoms. The number of hydrogen-bond acceptors (Lipinski definition) is 5. The largest absolute Gasteiger partial charge is 0.350 e. The van der Waals surface area contributed by atoms with Gasteiger partial charge in [0, 0.05) is 18.0 Å². The van der Waals surface area contributed by atoms with Crippen molar-refractivity contribution in [2.24, 2.45) is 11.1 Å². The Morgan fingerprint density at radius 1 is 1.39 bits per heavy atom. The monoisotopic (exact) mass is 450 g/mol. The maximum atomic E-state index is 14.2.